The second kappa shape index (κ2) is 8.83. The Morgan fingerprint density at radius 1 is 1.19 bits per heavy atom. The van der Waals surface area contributed by atoms with Crippen molar-refractivity contribution in [2.24, 2.45) is 0 Å². The fourth-order valence-corrected chi connectivity index (χ4v) is 4.27. The van der Waals surface area contributed by atoms with Crippen LogP contribution in [-0.2, 0) is 22.4 Å². The number of thiocarbonyl (C=S) groups is 1. The van der Waals surface area contributed by atoms with E-state index < -0.39 is 0 Å². The maximum Gasteiger partial charge on any atom is 0.341 e. The zero-order chi connectivity index (χ0) is 19.2. The van der Waals surface area contributed by atoms with Gasteiger partial charge in [-0.3, -0.25) is 15.6 Å². The van der Waals surface area contributed by atoms with Gasteiger partial charge in [0.1, 0.15) is 10.8 Å². The van der Waals surface area contributed by atoms with Crippen LogP contribution in [0.15, 0.2) is 30.3 Å². The highest BCUT2D eigenvalue weighted by Gasteiger charge is 2.27. The van der Waals surface area contributed by atoms with Crippen LogP contribution in [0.25, 0.3) is 0 Å². The zero-order valence-electron chi connectivity index (χ0n) is 14.7. The molecule has 0 saturated carbocycles. The van der Waals surface area contributed by atoms with Gasteiger partial charge in [-0.25, -0.2) is 4.79 Å². The number of rotatable bonds is 5. The van der Waals surface area contributed by atoms with Crippen LogP contribution in [0.1, 0.15) is 27.2 Å². The normalized spacial score (nSPS) is 12.0. The molecule has 3 N–H and O–H groups in total. The van der Waals surface area contributed by atoms with Crippen LogP contribution >= 0.6 is 23.6 Å². The largest absolute Gasteiger partial charge is 0.484 e. The topological polar surface area (TPSA) is 88.7 Å². The third-order valence-corrected chi connectivity index (χ3v) is 5.38. The van der Waals surface area contributed by atoms with Gasteiger partial charge in [0.25, 0.3) is 5.91 Å². The van der Waals surface area contributed by atoms with E-state index in [1.807, 2.05) is 18.2 Å². The molecule has 1 aliphatic rings. The van der Waals surface area contributed by atoms with Crippen molar-refractivity contribution in [3.63, 3.8) is 0 Å². The number of fused-ring (bicyclic) bond motifs is 1. The van der Waals surface area contributed by atoms with E-state index in [1.165, 1.54) is 23.3 Å². The van der Waals surface area contributed by atoms with Crippen molar-refractivity contribution in [3.8, 4) is 5.75 Å². The molecular weight excluding hydrogens is 386 g/mol. The first-order valence-corrected chi connectivity index (χ1v) is 9.57. The van der Waals surface area contributed by atoms with Crippen molar-refractivity contribution in [2.45, 2.75) is 19.3 Å². The quantitative estimate of drug-likeness (QED) is 0.400. The molecule has 0 spiro atoms. The standard InChI is InChI=1S/C18H19N3O4S2/c1-24-17(23)15-12-8-5-9-13(12)27-16(15)19-18(26)21-20-14(22)10-25-11-6-3-2-4-7-11/h2-4,6-7H,5,8-10H2,1H3,(H,20,22)(H2,19,21,26). The molecule has 1 heterocycles. The molecule has 1 aromatic carbocycles. The fraction of sp³-hybridized carbons (Fsp3) is 0.278. The SMILES string of the molecule is COC(=O)c1c(NC(=S)NNC(=O)COc2ccccc2)sc2c1CCC2. The Hall–Kier alpha value is -2.65. The number of carbonyl (C=O) groups excluding carboxylic acids is 2. The number of para-hydroxylation sites is 1. The van der Waals surface area contributed by atoms with E-state index in [4.69, 9.17) is 21.7 Å². The van der Waals surface area contributed by atoms with Gasteiger partial charge < -0.3 is 14.8 Å². The fourth-order valence-electron chi connectivity index (χ4n) is 2.77. The molecule has 0 atom stereocenters. The summed E-state index contributed by atoms with van der Waals surface area (Å²) in [7, 11) is 1.36. The van der Waals surface area contributed by atoms with Gasteiger partial charge in [-0.1, -0.05) is 18.2 Å². The molecular formula is C18H19N3O4S2. The average molecular weight is 406 g/mol. The number of carbonyl (C=O) groups is 2. The third-order valence-electron chi connectivity index (χ3n) is 3.97. The minimum absolute atomic E-state index is 0.152. The molecule has 0 unspecified atom stereocenters. The smallest absolute Gasteiger partial charge is 0.341 e. The Bertz CT molecular complexity index is 852. The number of thiophene rings is 1. The van der Waals surface area contributed by atoms with Crippen LogP contribution < -0.4 is 20.9 Å². The van der Waals surface area contributed by atoms with Gasteiger partial charge in [0.15, 0.2) is 11.7 Å². The lowest BCUT2D eigenvalue weighted by Crippen LogP contribution is -2.45. The van der Waals surface area contributed by atoms with Crippen molar-refractivity contribution in [1.29, 1.82) is 0 Å². The van der Waals surface area contributed by atoms with Crippen LogP contribution in [0, 0.1) is 0 Å². The maximum absolute atomic E-state index is 12.1. The molecule has 0 radical (unpaired) electrons. The molecule has 1 aliphatic carbocycles. The Balaban J connectivity index is 1.52. The third kappa shape index (κ3) is 4.75. The molecule has 0 fully saturated rings. The second-order valence-corrected chi connectivity index (χ2v) is 7.30. The number of ether oxygens (including phenoxy) is 2. The van der Waals surface area contributed by atoms with Gasteiger partial charge in [-0.15, -0.1) is 11.3 Å². The van der Waals surface area contributed by atoms with Gasteiger partial charge in [0, 0.05) is 4.88 Å². The molecule has 1 aromatic heterocycles. The summed E-state index contributed by atoms with van der Waals surface area (Å²) in [6.07, 6.45) is 2.83. The molecule has 0 aliphatic heterocycles. The maximum atomic E-state index is 12.1. The number of hydrazine groups is 1. The average Bonchev–Trinajstić information content (AvgIpc) is 3.25. The Kier molecular flexibility index (Phi) is 6.25. The van der Waals surface area contributed by atoms with E-state index in [2.05, 4.69) is 16.2 Å². The Morgan fingerprint density at radius 3 is 2.70 bits per heavy atom. The number of esters is 1. The molecule has 7 nitrogen and oxygen atoms in total. The lowest BCUT2D eigenvalue weighted by Gasteiger charge is -2.12. The van der Waals surface area contributed by atoms with Gasteiger partial charge in [0.05, 0.1) is 12.7 Å². The summed E-state index contributed by atoms with van der Waals surface area (Å²) < 4.78 is 10.2. The summed E-state index contributed by atoms with van der Waals surface area (Å²) >= 11 is 6.68. The van der Waals surface area contributed by atoms with E-state index in [1.54, 1.807) is 12.1 Å². The van der Waals surface area contributed by atoms with Crippen LogP contribution in [0.3, 0.4) is 0 Å². The first-order valence-electron chi connectivity index (χ1n) is 8.35. The van der Waals surface area contributed by atoms with Gasteiger partial charge >= 0.3 is 5.97 Å². The highest BCUT2D eigenvalue weighted by atomic mass is 32.1. The predicted octanol–water partition coefficient (Wildman–Crippen LogP) is 2.42. The van der Waals surface area contributed by atoms with E-state index >= 15 is 0 Å². The summed E-state index contributed by atoms with van der Waals surface area (Å²) in [5, 5.41) is 3.76. The second-order valence-electron chi connectivity index (χ2n) is 5.78. The number of benzene rings is 1. The number of hydrogen-bond acceptors (Lipinski definition) is 6. The van der Waals surface area contributed by atoms with Gasteiger partial charge in [-0.2, -0.15) is 0 Å². The molecule has 142 valence electrons. The summed E-state index contributed by atoms with van der Waals surface area (Å²) in [6.45, 7) is -0.152. The Morgan fingerprint density at radius 2 is 1.96 bits per heavy atom. The number of hydrogen-bond donors (Lipinski definition) is 3. The summed E-state index contributed by atoms with van der Waals surface area (Å²) in [5.74, 6) is -0.172. The summed E-state index contributed by atoms with van der Waals surface area (Å²) in [4.78, 5) is 25.1. The van der Waals surface area contributed by atoms with Crippen molar-refractivity contribution in [3.05, 3.63) is 46.3 Å². The van der Waals surface area contributed by atoms with Crippen molar-refractivity contribution < 1.29 is 19.1 Å². The van der Waals surface area contributed by atoms with Crippen molar-refractivity contribution in [2.75, 3.05) is 19.0 Å². The van der Waals surface area contributed by atoms with Crippen LogP contribution in [-0.4, -0.2) is 30.7 Å². The first kappa shape index (κ1) is 19.1. The lowest BCUT2D eigenvalue weighted by molar-refractivity contribution is -0.123. The highest BCUT2D eigenvalue weighted by molar-refractivity contribution is 7.80. The zero-order valence-corrected chi connectivity index (χ0v) is 16.3. The van der Waals surface area contributed by atoms with Crippen LogP contribution in [0.2, 0.25) is 0 Å². The summed E-state index contributed by atoms with van der Waals surface area (Å²) in [5.41, 5.74) is 6.62. The number of amides is 1. The van der Waals surface area contributed by atoms with E-state index in [0.29, 0.717) is 16.3 Å². The molecule has 2 aromatic rings. The molecule has 9 heteroatoms. The van der Waals surface area contributed by atoms with Crippen molar-refractivity contribution >= 4 is 45.5 Å². The van der Waals surface area contributed by atoms with E-state index in [-0.39, 0.29) is 23.6 Å². The molecule has 0 saturated heterocycles. The number of methoxy groups -OCH3 is 1. The van der Waals surface area contributed by atoms with Crippen LogP contribution in [0.4, 0.5) is 5.00 Å². The monoisotopic (exact) mass is 405 g/mol. The van der Waals surface area contributed by atoms with E-state index in [0.717, 1.165) is 24.8 Å². The van der Waals surface area contributed by atoms with E-state index in [9.17, 15) is 9.59 Å². The van der Waals surface area contributed by atoms with Gasteiger partial charge in [0.2, 0.25) is 0 Å². The predicted molar refractivity (Wildman–Crippen MR) is 107 cm³/mol. The first-order chi connectivity index (χ1) is 13.1. The number of nitrogens with one attached hydrogen (secondary N) is 3. The minimum Gasteiger partial charge on any atom is -0.484 e. The number of anilines is 1. The molecule has 3 rings (SSSR count). The van der Waals surface area contributed by atoms with Crippen LogP contribution in [0.5, 0.6) is 5.75 Å². The molecule has 27 heavy (non-hydrogen) atoms. The molecule has 1 amide bonds. The summed E-state index contributed by atoms with van der Waals surface area (Å²) in [6, 6.07) is 9.03. The minimum atomic E-state index is -0.389. The van der Waals surface area contributed by atoms with Gasteiger partial charge in [-0.05, 0) is 49.2 Å². The lowest BCUT2D eigenvalue weighted by atomic mass is 10.1. The number of aryl methyl sites for hydroxylation is 1. The Labute approximate surface area is 166 Å². The highest BCUT2D eigenvalue weighted by Crippen LogP contribution is 2.39. The van der Waals surface area contributed by atoms with Crippen molar-refractivity contribution in [1.82, 2.24) is 10.9 Å². The molecule has 0 bridgehead atoms.